The molecule has 0 spiro atoms. The number of guanidine groups is 1. The minimum Gasteiger partial charge on any atom is -0.478 e. The molecule has 0 saturated carbocycles. The van der Waals surface area contributed by atoms with E-state index in [1.165, 1.54) is 6.07 Å². The van der Waals surface area contributed by atoms with Crippen molar-refractivity contribution in [3.8, 4) is 0 Å². The van der Waals surface area contributed by atoms with E-state index in [4.69, 9.17) is 16.7 Å². The average molecular weight is 254 g/mol. The smallest absolute Gasteiger partial charge is 0.335 e. The van der Waals surface area contributed by atoms with Gasteiger partial charge in [-0.15, -0.1) is 0 Å². The number of benzene rings is 1. The molecule has 1 aliphatic rings. The molecule has 1 aromatic carbocycles. The largest absolute Gasteiger partial charge is 0.478 e. The fourth-order valence-electron chi connectivity index (χ4n) is 1.63. The summed E-state index contributed by atoms with van der Waals surface area (Å²) in [7, 11) is 0. The number of nitrogens with zero attached hydrogens (tertiary/aromatic N) is 1. The van der Waals surface area contributed by atoms with E-state index >= 15 is 0 Å². The van der Waals surface area contributed by atoms with Crippen molar-refractivity contribution in [1.82, 2.24) is 5.32 Å². The monoisotopic (exact) mass is 253 g/mol. The second-order valence-corrected chi connectivity index (χ2v) is 4.14. The average Bonchev–Trinajstić information content (AvgIpc) is 2.75. The van der Waals surface area contributed by atoms with Crippen molar-refractivity contribution in [2.24, 2.45) is 4.99 Å². The Hall–Kier alpha value is -1.75. The van der Waals surface area contributed by atoms with Crippen LogP contribution in [-0.2, 0) is 0 Å². The molecule has 0 unspecified atom stereocenters. The zero-order valence-electron chi connectivity index (χ0n) is 9.25. The van der Waals surface area contributed by atoms with Crippen molar-refractivity contribution in [2.75, 3.05) is 18.4 Å². The summed E-state index contributed by atoms with van der Waals surface area (Å²) in [5, 5.41) is 15.4. The molecule has 17 heavy (non-hydrogen) atoms. The molecule has 2 rings (SSSR count). The van der Waals surface area contributed by atoms with Gasteiger partial charge in [0.05, 0.1) is 22.8 Å². The summed E-state index contributed by atoms with van der Waals surface area (Å²) in [5.74, 6) is -0.323. The standard InChI is InChI=1S/C11H12ClN3O2/c1-6-4-7(10(16)17)5-8(12)9(6)15-11-13-2-3-14-11/h4-5H,2-3H2,1H3,(H,16,17)(H2,13,14,15). The molecule has 0 aromatic heterocycles. The predicted molar refractivity (Wildman–Crippen MR) is 67.1 cm³/mol. The van der Waals surface area contributed by atoms with Crippen LogP contribution in [0.1, 0.15) is 15.9 Å². The number of aromatic carboxylic acids is 1. The lowest BCUT2D eigenvalue weighted by Gasteiger charge is -2.12. The Bertz CT molecular complexity index is 476. The Kier molecular flexibility index (Phi) is 3.19. The summed E-state index contributed by atoms with van der Waals surface area (Å²) in [4.78, 5) is 15.0. The first-order chi connectivity index (χ1) is 8.08. The summed E-state index contributed by atoms with van der Waals surface area (Å²) >= 11 is 6.05. The van der Waals surface area contributed by atoms with Crippen LogP contribution in [0.5, 0.6) is 0 Å². The van der Waals surface area contributed by atoms with Gasteiger partial charge >= 0.3 is 5.97 Å². The third-order valence-electron chi connectivity index (χ3n) is 2.45. The van der Waals surface area contributed by atoms with Gasteiger partial charge in [0.2, 0.25) is 0 Å². The Labute approximate surface area is 104 Å². The molecule has 1 heterocycles. The van der Waals surface area contributed by atoms with Crippen LogP contribution in [-0.4, -0.2) is 30.1 Å². The van der Waals surface area contributed by atoms with Crippen LogP contribution in [0.15, 0.2) is 17.1 Å². The number of carboxylic acid groups (broad SMARTS) is 1. The van der Waals surface area contributed by atoms with E-state index in [1.54, 1.807) is 13.0 Å². The van der Waals surface area contributed by atoms with Crippen molar-refractivity contribution in [3.63, 3.8) is 0 Å². The Morgan fingerprint density at radius 3 is 2.88 bits per heavy atom. The maximum Gasteiger partial charge on any atom is 0.335 e. The summed E-state index contributed by atoms with van der Waals surface area (Å²) in [6.07, 6.45) is 0. The van der Waals surface area contributed by atoms with Crippen LogP contribution in [0.25, 0.3) is 0 Å². The van der Waals surface area contributed by atoms with Crippen molar-refractivity contribution in [1.29, 1.82) is 0 Å². The molecular weight excluding hydrogens is 242 g/mol. The van der Waals surface area contributed by atoms with Gasteiger partial charge in [0.15, 0.2) is 5.96 Å². The third-order valence-corrected chi connectivity index (χ3v) is 2.75. The van der Waals surface area contributed by atoms with Gasteiger partial charge in [-0.3, -0.25) is 4.99 Å². The summed E-state index contributed by atoms with van der Waals surface area (Å²) in [6, 6.07) is 3.00. The van der Waals surface area contributed by atoms with E-state index < -0.39 is 5.97 Å². The summed E-state index contributed by atoms with van der Waals surface area (Å²) < 4.78 is 0. The number of carbonyl (C=O) groups is 1. The molecule has 3 N–H and O–H groups in total. The molecule has 0 amide bonds. The molecule has 0 saturated heterocycles. The minimum absolute atomic E-state index is 0.180. The van der Waals surface area contributed by atoms with E-state index in [0.29, 0.717) is 16.7 Å². The van der Waals surface area contributed by atoms with Crippen LogP contribution in [0.2, 0.25) is 5.02 Å². The maximum atomic E-state index is 10.8. The fourth-order valence-corrected chi connectivity index (χ4v) is 1.94. The highest BCUT2D eigenvalue weighted by atomic mass is 35.5. The van der Waals surface area contributed by atoms with E-state index in [0.717, 1.165) is 18.7 Å². The lowest BCUT2D eigenvalue weighted by Crippen LogP contribution is -2.26. The number of carboxylic acids is 1. The number of anilines is 1. The Morgan fingerprint density at radius 1 is 1.59 bits per heavy atom. The first-order valence-electron chi connectivity index (χ1n) is 5.16. The number of rotatable bonds is 2. The predicted octanol–water partition coefficient (Wildman–Crippen LogP) is 1.72. The van der Waals surface area contributed by atoms with E-state index in [9.17, 15) is 4.79 Å². The highest BCUT2D eigenvalue weighted by Crippen LogP contribution is 2.27. The highest BCUT2D eigenvalue weighted by Gasteiger charge is 2.13. The van der Waals surface area contributed by atoms with Gasteiger partial charge in [0.1, 0.15) is 0 Å². The van der Waals surface area contributed by atoms with Gasteiger partial charge < -0.3 is 15.7 Å². The molecule has 1 aromatic rings. The van der Waals surface area contributed by atoms with Crippen molar-refractivity contribution < 1.29 is 9.90 Å². The second kappa shape index (κ2) is 4.63. The number of nitrogens with one attached hydrogen (secondary N) is 2. The first-order valence-corrected chi connectivity index (χ1v) is 5.54. The van der Waals surface area contributed by atoms with Crippen LogP contribution in [0.4, 0.5) is 5.69 Å². The zero-order valence-corrected chi connectivity index (χ0v) is 10.0. The Balaban J connectivity index is 2.31. The third kappa shape index (κ3) is 2.50. The molecule has 1 aliphatic heterocycles. The normalized spacial score (nSPS) is 14.1. The van der Waals surface area contributed by atoms with Crippen LogP contribution < -0.4 is 10.6 Å². The van der Waals surface area contributed by atoms with Crippen LogP contribution in [0, 0.1) is 6.92 Å². The molecule has 0 aliphatic carbocycles. The molecule has 5 nitrogen and oxygen atoms in total. The molecule has 0 atom stereocenters. The fraction of sp³-hybridized carbons (Fsp3) is 0.273. The van der Waals surface area contributed by atoms with E-state index in [1.807, 2.05) is 0 Å². The molecule has 6 heteroatoms. The molecule has 90 valence electrons. The van der Waals surface area contributed by atoms with Crippen LogP contribution in [0.3, 0.4) is 0 Å². The molecule has 0 bridgehead atoms. The second-order valence-electron chi connectivity index (χ2n) is 3.74. The SMILES string of the molecule is Cc1cc(C(=O)O)cc(Cl)c1NC1=NCCN1. The van der Waals surface area contributed by atoms with Gasteiger partial charge in [0.25, 0.3) is 0 Å². The van der Waals surface area contributed by atoms with Crippen LogP contribution >= 0.6 is 11.6 Å². The maximum absolute atomic E-state index is 10.8. The lowest BCUT2D eigenvalue weighted by molar-refractivity contribution is 0.0697. The van der Waals surface area contributed by atoms with Crippen molar-refractivity contribution in [3.05, 3.63) is 28.3 Å². The molecule has 0 radical (unpaired) electrons. The van der Waals surface area contributed by atoms with Gasteiger partial charge in [-0.1, -0.05) is 11.6 Å². The van der Waals surface area contributed by atoms with Gasteiger partial charge in [0, 0.05) is 6.54 Å². The van der Waals surface area contributed by atoms with Crippen molar-refractivity contribution >= 4 is 29.2 Å². The van der Waals surface area contributed by atoms with Gasteiger partial charge in [-0.2, -0.15) is 0 Å². The number of hydrogen-bond donors (Lipinski definition) is 3. The molecular formula is C11H12ClN3O2. The van der Waals surface area contributed by atoms with Gasteiger partial charge in [-0.05, 0) is 24.6 Å². The Morgan fingerprint density at radius 2 is 2.35 bits per heavy atom. The number of hydrogen-bond acceptors (Lipinski definition) is 4. The van der Waals surface area contributed by atoms with E-state index in [-0.39, 0.29) is 5.56 Å². The van der Waals surface area contributed by atoms with Gasteiger partial charge in [-0.25, -0.2) is 4.79 Å². The number of halogens is 1. The quantitative estimate of drug-likeness (QED) is 0.750. The molecule has 0 fully saturated rings. The number of aryl methyl sites for hydroxylation is 1. The topological polar surface area (TPSA) is 73.7 Å². The summed E-state index contributed by atoms with van der Waals surface area (Å²) in [6.45, 7) is 3.33. The van der Waals surface area contributed by atoms with E-state index in [2.05, 4.69) is 15.6 Å². The lowest BCUT2D eigenvalue weighted by atomic mass is 10.1. The number of aliphatic imine (C=N–C) groups is 1. The highest BCUT2D eigenvalue weighted by molar-refractivity contribution is 6.34. The zero-order chi connectivity index (χ0) is 12.4. The summed E-state index contributed by atoms with van der Waals surface area (Å²) in [5.41, 5.74) is 1.63. The van der Waals surface area contributed by atoms with Crippen molar-refractivity contribution in [2.45, 2.75) is 6.92 Å². The minimum atomic E-state index is -0.988. The first kappa shape index (κ1) is 11.7.